The van der Waals surface area contributed by atoms with Crippen LogP contribution < -0.4 is 4.43 Å². The molecule has 0 unspecified atom stereocenters. The van der Waals surface area contributed by atoms with Crippen molar-refractivity contribution < 1.29 is 18.0 Å². The van der Waals surface area contributed by atoms with E-state index in [4.69, 9.17) is 4.43 Å². The van der Waals surface area contributed by atoms with Crippen molar-refractivity contribution in [2.45, 2.75) is 38.9 Å². The highest BCUT2D eigenvalue weighted by Crippen LogP contribution is 2.37. The smallest absolute Gasteiger partial charge is 0.250 e. The van der Waals surface area contributed by atoms with Crippen LogP contribution in [0.25, 0.3) is 0 Å². The largest absolute Gasteiger partial charge is 0.543 e. The molecule has 5 heteroatoms. The van der Waals surface area contributed by atoms with Crippen LogP contribution in [-0.2, 0) is 0 Å². The van der Waals surface area contributed by atoms with E-state index in [1.807, 2.05) is 33.9 Å². The zero-order valence-electron chi connectivity index (χ0n) is 11.3. The summed E-state index contributed by atoms with van der Waals surface area (Å²) in [6, 6.07) is 2.13. The molecule has 0 bridgehead atoms. The van der Waals surface area contributed by atoms with Crippen LogP contribution in [0.3, 0.4) is 0 Å². The molecule has 0 aliphatic rings. The van der Waals surface area contributed by atoms with Gasteiger partial charge >= 0.3 is 0 Å². The molecule has 0 heterocycles. The topological polar surface area (TPSA) is 26.3 Å². The van der Waals surface area contributed by atoms with E-state index in [0.717, 1.165) is 12.1 Å². The lowest BCUT2D eigenvalue weighted by atomic mass is 10.2. The lowest BCUT2D eigenvalue weighted by molar-refractivity contribution is 0.111. The maximum Gasteiger partial charge on any atom is 0.250 e. The maximum absolute atomic E-state index is 13.4. The van der Waals surface area contributed by atoms with Gasteiger partial charge in [0, 0.05) is 12.1 Å². The summed E-state index contributed by atoms with van der Waals surface area (Å²) in [5.41, 5.74) is -0.558. The zero-order chi connectivity index (χ0) is 14.1. The summed E-state index contributed by atoms with van der Waals surface area (Å²) >= 11 is 0. The van der Waals surface area contributed by atoms with Crippen molar-refractivity contribution in [1.82, 2.24) is 0 Å². The molecule has 1 aromatic carbocycles. The first kappa shape index (κ1) is 14.8. The molecule has 0 aliphatic carbocycles. The number of hydrogen-bond donors (Lipinski definition) is 0. The molecule has 0 aromatic heterocycles. The van der Waals surface area contributed by atoms with Gasteiger partial charge in [-0.2, -0.15) is 0 Å². The number of benzene rings is 1. The lowest BCUT2D eigenvalue weighted by Gasteiger charge is -2.36. The number of hydrogen-bond acceptors (Lipinski definition) is 2. The van der Waals surface area contributed by atoms with Gasteiger partial charge in [0.1, 0.15) is 17.4 Å². The van der Waals surface area contributed by atoms with Crippen LogP contribution in [0.5, 0.6) is 5.75 Å². The van der Waals surface area contributed by atoms with Crippen LogP contribution in [0.15, 0.2) is 12.1 Å². The van der Waals surface area contributed by atoms with Gasteiger partial charge in [0.2, 0.25) is 8.32 Å². The van der Waals surface area contributed by atoms with E-state index in [1.54, 1.807) is 0 Å². The zero-order valence-corrected chi connectivity index (χ0v) is 12.3. The summed E-state index contributed by atoms with van der Waals surface area (Å²) in [4.78, 5) is 10.5. The van der Waals surface area contributed by atoms with Crippen molar-refractivity contribution in [3.63, 3.8) is 0 Å². The monoisotopic (exact) mass is 272 g/mol. The molecule has 18 heavy (non-hydrogen) atoms. The summed E-state index contributed by atoms with van der Waals surface area (Å²) in [6.45, 7) is 10.1. The molecule has 0 saturated carbocycles. The van der Waals surface area contributed by atoms with Gasteiger partial charge in [-0.3, -0.25) is 4.79 Å². The minimum Gasteiger partial charge on any atom is -0.543 e. The second-order valence-corrected chi connectivity index (χ2v) is 10.5. The summed E-state index contributed by atoms with van der Waals surface area (Å²) in [7, 11) is -2.14. The molecule has 0 saturated heterocycles. The van der Waals surface area contributed by atoms with E-state index in [-0.39, 0.29) is 17.1 Å². The summed E-state index contributed by atoms with van der Waals surface area (Å²) in [5.74, 6) is -1.64. The Balaban J connectivity index is 3.11. The van der Waals surface area contributed by atoms with Crippen molar-refractivity contribution in [1.29, 1.82) is 0 Å². The van der Waals surface area contributed by atoms with Crippen LogP contribution in [0, 0.1) is 11.6 Å². The summed E-state index contributed by atoms with van der Waals surface area (Å²) in [5, 5.41) is -0.0662. The average molecular weight is 272 g/mol. The Morgan fingerprint density at radius 2 is 1.61 bits per heavy atom. The van der Waals surface area contributed by atoms with Gasteiger partial charge in [0.15, 0.2) is 6.29 Å². The van der Waals surface area contributed by atoms with Crippen molar-refractivity contribution in [3.8, 4) is 5.75 Å². The second-order valence-electron chi connectivity index (χ2n) is 5.78. The predicted molar refractivity (Wildman–Crippen MR) is 69.6 cm³/mol. The molecular weight excluding hydrogens is 254 g/mol. The summed E-state index contributed by atoms with van der Waals surface area (Å²) < 4.78 is 32.7. The first-order valence-electron chi connectivity index (χ1n) is 5.72. The third-order valence-corrected chi connectivity index (χ3v) is 7.71. The van der Waals surface area contributed by atoms with E-state index >= 15 is 0 Å². The number of rotatable bonds is 3. The Labute approximate surface area is 107 Å². The van der Waals surface area contributed by atoms with Gasteiger partial charge in [-0.15, -0.1) is 0 Å². The Morgan fingerprint density at radius 1 is 1.17 bits per heavy atom. The lowest BCUT2D eigenvalue weighted by Crippen LogP contribution is -2.43. The van der Waals surface area contributed by atoms with E-state index < -0.39 is 25.5 Å². The molecule has 0 atom stereocenters. The standard InChI is InChI=1S/C13H18F2O2Si/c1-13(2,3)18(4,5)17-9-6-11(14)10(8-16)12(15)7-9/h6-8H,1-5H3. The normalized spacial score (nSPS) is 12.4. The molecule has 1 rings (SSSR count). The highest BCUT2D eigenvalue weighted by Gasteiger charge is 2.39. The predicted octanol–water partition coefficient (Wildman–Crippen LogP) is 4.16. The molecule has 0 radical (unpaired) electrons. The number of carbonyl (C=O) groups is 1. The Bertz CT molecular complexity index is 442. The van der Waals surface area contributed by atoms with E-state index in [0.29, 0.717) is 0 Å². The molecule has 2 nitrogen and oxygen atoms in total. The van der Waals surface area contributed by atoms with E-state index in [9.17, 15) is 13.6 Å². The minimum atomic E-state index is -2.14. The van der Waals surface area contributed by atoms with E-state index in [2.05, 4.69) is 0 Å². The molecule has 100 valence electrons. The third-order valence-electron chi connectivity index (χ3n) is 3.35. The third kappa shape index (κ3) is 2.96. The fraction of sp³-hybridized carbons (Fsp3) is 0.462. The van der Waals surface area contributed by atoms with Gasteiger partial charge in [0.25, 0.3) is 0 Å². The Morgan fingerprint density at radius 3 is 1.94 bits per heavy atom. The molecule has 0 aliphatic heterocycles. The van der Waals surface area contributed by atoms with Gasteiger partial charge in [0.05, 0.1) is 5.56 Å². The van der Waals surface area contributed by atoms with Gasteiger partial charge in [-0.05, 0) is 18.1 Å². The molecule has 0 amide bonds. The van der Waals surface area contributed by atoms with Crippen molar-refractivity contribution >= 4 is 14.6 Å². The molecular formula is C13H18F2O2Si. The van der Waals surface area contributed by atoms with Crippen LogP contribution in [0.1, 0.15) is 31.1 Å². The number of aldehydes is 1. The molecule has 1 aromatic rings. The minimum absolute atomic E-state index is 0.0662. The van der Waals surface area contributed by atoms with E-state index in [1.165, 1.54) is 0 Å². The fourth-order valence-corrected chi connectivity index (χ4v) is 2.19. The molecule has 0 spiro atoms. The van der Waals surface area contributed by atoms with Gasteiger partial charge in [-0.25, -0.2) is 8.78 Å². The van der Waals surface area contributed by atoms with Crippen LogP contribution in [-0.4, -0.2) is 14.6 Å². The van der Waals surface area contributed by atoms with Crippen LogP contribution in [0.4, 0.5) is 8.78 Å². The van der Waals surface area contributed by atoms with Crippen molar-refractivity contribution in [2.24, 2.45) is 0 Å². The molecule has 0 N–H and O–H groups in total. The first-order chi connectivity index (χ1) is 8.08. The van der Waals surface area contributed by atoms with Crippen LogP contribution in [0.2, 0.25) is 18.1 Å². The Hall–Kier alpha value is -1.23. The number of carbonyl (C=O) groups excluding carboxylic acids is 1. The second kappa shape index (κ2) is 4.80. The van der Waals surface area contributed by atoms with Gasteiger partial charge < -0.3 is 4.43 Å². The van der Waals surface area contributed by atoms with Crippen molar-refractivity contribution in [3.05, 3.63) is 29.3 Å². The first-order valence-corrected chi connectivity index (χ1v) is 8.62. The fourth-order valence-electron chi connectivity index (χ4n) is 1.18. The average Bonchev–Trinajstić information content (AvgIpc) is 2.14. The summed E-state index contributed by atoms with van der Waals surface area (Å²) in [6.07, 6.45) is 0.167. The van der Waals surface area contributed by atoms with Crippen molar-refractivity contribution in [2.75, 3.05) is 0 Å². The maximum atomic E-state index is 13.4. The SMILES string of the molecule is CC(C)(C)[Si](C)(C)Oc1cc(F)c(C=O)c(F)c1. The number of halogens is 2. The highest BCUT2D eigenvalue weighted by atomic mass is 28.4. The van der Waals surface area contributed by atoms with Crippen LogP contribution >= 0.6 is 0 Å². The quantitative estimate of drug-likeness (QED) is 0.610. The Kier molecular flexibility index (Phi) is 3.95. The molecule has 0 fully saturated rings. The highest BCUT2D eigenvalue weighted by molar-refractivity contribution is 6.74. The van der Waals surface area contributed by atoms with Gasteiger partial charge in [-0.1, -0.05) is 20.8 Å².